The molecule has 0 unspecified atom stereocenters. The molecule has 78 valence electrons. The van der Waals surface area contributed by atoms with Crippen LogP contribution in [0.3, 0.4) is 0 Å². The summed E-state index contributed by atoms with van der Waals surface area (Å²) in [6.07, 6.45) is 1.16. The minimum atomic E-state index is 0.571. The molecule has 0 spiro atoms. The van der Waals surface area contributed by atoms with Gasteiger partial charge in [0.15, 0.2) is 0 Å². The van der Waals surface area contributed by atoms with Gasteiger partial charge in [0.2, 0.25) is 0 Å². The van der Waals surface area contributed by atoms with Crippen molar-refractivity contribution < 1.29 is 4.74 Å². The van der Waals surface area contributed by atoms with Crippen molar-refractivity contribution in [1.29, 1.82) is 0 Å². The summed E-state index contributed by atoms with van der Waals surface area (Å²) in [4.78, 5) is 0. The van der Waals surface area contributed by atoms with Crippen molar-refractivity contribution in [1.82, 2.24) is 5.32 Å². The van der Waals surface area contributed by atoms with Crippen LogP contribution in [0.25, 0.3) is 0 Å². The van der Waals surface area contributed by atoms with Crippen molar-refractivity contribution in [3.63, 3.8) is 0 Å². The molecule has 1 aromatic rings. The summed E-state index contributed by atoms with van der Waals surface area (Å²) < 4.78 is 5.16. The summed E-state index contributed by atoms with van der Waals surface area (Å²) >= 11 is 0. The second-order valence-corrected chi connectivity index (χ2v) is 3.54. The molecule has 0 aromatic heterocycles. The van der Waals surface area contributed by atoms with E-state index >= 15 is 0 Å². The molecule has 0 aliphatic carbocycles. The number of ether oxygens (including phenoxy) is 1. The lowest BCUT2D eigenvalue weighted by Gasteiger charge is -2.11. The normalized spacial score (nSPS) is 12.5. The first-order chi connectivity index (χ1) is 6.76. The van der Waals surface area contributed by atoms with Gasteiger partial charge in [-0.25, -0.2) is 0 Å². The highest BCUT2D eigenvalue weighted by molar-refractivity contribution is 5.28. The van der Waals surface area contributed by atoms with E-state index in [2.05, 4.69) is 31.3 Å². The van der Waals surface area contributed by atoms with E-state index in [9.17, 15) is 0 Å². The van der Waals surface area contributed by atoms with Gasteiger partial charge in [0, 0.05) is 12.6 Å². The summed E-state index contributed by atoms with van der Waals surface area (Å²) in [7, 11) is 1.70. The van der Waals surface area contributed by atoms with Crippen molar-refractivity contribution >= 4 is 0 Å². The van der Waals surface area contributed by atoms with E-state index in [-0.39, 0.29) is 0 Å². The molecule has 0 fully saturated rings. The smallest absolute Gasteiger partial charge is 0.119 e. The maximum absolute atomic E-state index is 5.16. The van der Waals surface area contributed by atoms with Crippen molar-refractivity contribution in [3.8, 4) is 5.75 Å². The molecule has 1 rings (SSSR count). The van der Waals surface area contributed by atoms with Crippen LogP contribution in [-0.4, -0.2) is 13.2 Å². The van der Waals surface area contributed by atoms with E-state index in [0.717, 1.165) is 18.7 Å². The van der Waals surface area contributed by atoms with Crippen LogP contribution in [-0.2, 0) is 6.54 Å². The SMILES string of the molecule is CC[C@@H](C)NCc1cccc(OC)c1. The molecular formula is C12H19NO. The predicted molar refractivity (Wildman–Crippen MR) is 59.6 cm³/mol. The monoisotopic (exact) mass is 193 g/mol. The summed E-state index contributed by atoms with van der Waals surface area (Å²) in [6, 6.07) is 8.73. The van der Waals surface area contributed by atoms with E-state index in [1.54, 1.807) is 7.11 Å². The van der Waals surface area contributed by atoms with E-state index < -0.39 is 0 Å². The first-order valence-corrected chi connectivity index (χ1v) is 5.12. The molecule has 0 aliphatic rings. The van der Waals surface area contributed by atoms with Gasteiger partial charge in [-0.2, -0.15) is 0 Å². The Kier molecular flexibility index (Phi) is 4.47. The Balaban J connectivity index is 2.50. The van der Waals surface area contributed by atoms with Crippen LogP contribution in [0.1, 0.15) is 25.8 Å². The number of hydrogen-bond acceptors (Lipinski definition) is 2. The fraction of sp³-hybridized carbons (Fsp3) is 0.500. The lowest BCUT2D eigenvalue weighted by molar-refractivity contribution is 0.413. The zero-order valence-electron chi connectivity index (χ0n) is 9.21. The molecular weight excluding hydrogens is 174 g/mol. The number of nitrogens with one attached hydrogen (secondary N) is 1. The van der Waals surface area contributed by atoms with Gasteiger partial charge in [-0.3, -0.25) is 0 Å². The Morgan fingerprint density at radius 2 is 2.21 bits per heavy atom. The third kappa shape index (κ3) is 3.38. The summed E-state index contributed by atoms with van der Waals surface area (Å²) in [5, 5.41) is 3.44. The molecule has 0 radical (unpaired) electrons. The molecule has 2 heteroatoms. The molecule has 1 N–H and O–H groups in total. The number of rotatable bonds is 5. The van der Waals surface area contributed by atoms with Gasteiger partial charge in [0.1, 0.15) is 5.75 Å². The molecule has 1 atom stereocenters. The third-order valence-corrected chi connectivity index (χ3v) is 2.40. The van der Waals surface area contributed by atoms with E-state index in [0.29, 0.717) is 6.04 Å². The molecule has 0 saturated carbocycles. The zero-order chi connectivity index (χ0) is 10.4. The standard InChI is InChI=1S/C12H19NO/c1-4-10(2)13-9-11-6-5-7-12(8-11)14-3/h5-8,10,13H,4,9H2,1-3H3/t10-/m1/s1. The topological polar surface area (TPSA) is 21.3 Å². The molecule has 0 saturated heterocycles. The van der Waals surface area contributed by atoms with Crippen molar-refractivity contribution in [2.45, 2.75) is 32.9 Å². The van der Waals surface area contributed by atoms with E-state index in [4.69, 9.17) is 4.74 Å². The molecule has 0 aliphatic heterocycles. The van der Waals surface area contributed by atoms with Gasteiger partial charge >= 0.3 is 0 Å². The first kappa shape index (κ1) is 11.1. The van der Waals surface area contributed by atoms with Gasteiger partial charge in [-0.05, 0) is 31.0 Å². The maximum Gasteiger partial charge on any atom is 0.119 e. The van der Waals surface area contributed by atoms with Crippen LogP contribution >= 0.6 is 0 Å². The molecule has 0 heterocycles. The molecule has 1 aromatic carbocycles. The van der Waals surface area contributed by atoms with E-state index in [1.807, 2.05) is 12.1 Å². The van der Waals surface area contributed by atoms with E-state index in [1.165, 1.54) is 5.56 Å². The van der Waals surface area contributed by atoms with Gasteiger partial charge in [-0.1, -0.05) is 19.1 Å². The van der Waals surface area contributed by atoms with Gasteiger partial charge in [-0.15, -0.1) is 0 Å². The molecule has 0 bridgehead atoms. The highest BCUT2D eigenvalue weighted by Gasteiger charge is 1.99. The van der Waals surface area contributed by atoms with Gasteiger partial charge in [0.25, 0.3) is 0 Å². The lowest BCUT2D eigenvalue weighted by Crippen LogP contribution is -2.24. The highest BCUT2D eigenvalue weighted by atomic mass is 16.5. The second-order valence-electron chi connectivity index (χ2n) is 3.54. The maximum atomic E-state index is 5.16. The van der Waals surface area contributed by atoms with Crippen LogP contribution < -0.4 is 10.1 Å². The zero-order valence-corrected chi connectivity index (χ0v) is 9.21. The lowest BCUT2D eigenvalue weighted by atomic mass is 10.2. The minimum Gasteiger partial charge on any atom is -0.497 e. The minimum absolute atomic E-state index is 0.571. The fourth-order valence-corrected chi connectivity index (χ4v) is 1.22. The Morgan fingerprint density at radius 3 is 2.86 bits per heavy atom. The Bertz CT molecular complexity index is 273. The van der Waals surface area contributed by atoms with Crippen LogP contribution in [0.2, 0.25) is 0 Å². The quantitative estimate of drug-likeness (QED) is 0.776. The second kappa shape index (κ2) is 5.66. The average molecular weight is 193 g/mol. The van der Waals surface area contributed by atoms with Crippen LogP contribution in [0.5, 0.6) is 5.75 Å². The fourth-order valence-electron chi connectivity index (χ4n) is 1.22. The number of hydrogen-bond donors (Lipinski definition) is 1. The third-order valence-electron chi connectivity index (χ3n) is 2.40. The molecule has 14 heavy (non-hydrogen) atoms. The number of benzene rings is 1. The summed E-state index contributed by atoms with van der Waals surface area (Å²) in [5.41, 5.74) is 1.27. The first-order valence-electron chi connectivity index (χ1n) is 5.12. The Morgan fingerprint density at radius 1 is 1.43 bits per heavy atom. The Hall–Kier alpha value is -1.02. The average Bonchev–Trinajstić information content (AvgIpc) is 2.26. The summed E-state index contributed by atoms with van der Waals surface area (Å²) in [5.74, 6) is 0.924. The van der Waals surface area contributed by atoms with Crippen LogP contribution in [0.4, 0.5) is 0 Å². The van der Waals surface area contributed by atoms with Crippen LogP contribution in [0, 0.1) is 0 Å². The summed E-state index contributed by atoms with van der Waals surface area (Å²) in [6.45, 7) is 5.29. The van der Waals surface area contributed by atoms with Gasteiger partial charge < -0.3 is 10.1 Å². The van der Waals surface area contributed by atoms with Crippen molar-refractivity contribution in [2.24, 2.45) is 0 Å². The molecule has 0 amide bonds. The number of methoxy groups -OCH3 is 1. The highest BCUT2D eigenvalue weighted by Crippen LogP contribution is 2.12. The Labute approximate surface area is 86.3 Å². The van der Waals surface area contributed by atoms with Crippen LogP contribution in [0.15, 0.2) is 24.3 Å². The largest absolute Gasteiger partial charge is 0.497 e. The van der Waals surface area contributed by atoms with Crippen molar-refractivity contribution in [2.75, 3.05) is 7.11 Å². The van der Waals surface area contributed by atoms with Crippen molar-refractivity contribution in [3.05, 3.63) is 29.8 Å². The van der Waals surface area contributed by atoms with Gasteiger partial charge in [0.05, 0.1) is 7.11 Å². The molecule has 2 nitrogen and oxygen atoms in total. The predicted octanol–water partition coefficient (Wildman–Crippen LogP) is 2.58.